The van der Waals surface area contributed by atoms with Crippen molar-refractivity contribution in [3.05, 3.63) is 12.2 Å². The minimum atomic E-state index is 0.189. The molecule has 1 aromatic rings. The van der Waals surface area contributed by atoms with Gasteiger partial charge in [0.2, 0.25) is 0 Å². The SMILES string of the molecule is CCn1cnnc1CNC1CCOC2(CCCC2)C1. The van der Waals surface area contributed by atoms with Gasteiger partial charge >= 0.3 is 0 Å². The van der Waals surface area contributed by atoms with E-state index < -0.39 is 0 Å². The maximum atomic E-state index is 6.07. The molecule has 2 fully saturated rings. The van der Waals surface area contributed by atoms with Crippen LogP contribution in [0.3, 0.4) is 0 Å². The Kier molecular flexibility index (Phi) is 3.84. The molecule has 0 aromatic carbocycles. The molecule has 1 aromatic heterocycles. The van der Waals surface area contributed by atoms with Crippen LogP contribution in [0.5, 0.6) is 0 Å². The minimum absolute atomic E-state index is 0.189. The molecule has 1 unspecified atom stereocenters. The van der Waals surface area contributed by atoms with Crippen LogP contribution in [-0.4, -0.2) is 33.0 Å². The third-order valence-electron chi connectivity index (χ3n) is 4.59. The van der Waals surface area contributed by atoms with Gasteiger partial charge in [0.15, 0.2) is 0 Å². The van der Waals surface area contributed by atoms with Crippen LogP contribution in [0.1, 0.15) is 51.3 Å². The highest BCUT2D eigenvalue weighted by molar-refractivity contribution is 4.94. The van der Waals surface area contributed by atoms with Crippen molar-refractivity contribution < 1.29 is 4.74 Å². The topological polar surface area (TPSA) is 52.0 Å². The monoisotopic (exact) mass is 264 g/mol. The fourth-order valence-electron chi connectivity index (χ4n) is 3.49. The molecule has 1 aliphatic carbocycles. The van der Waals surface area contributed by atoms with Crippen molar-refractivity contribution in [3.63, 3.8) is 0 Å². The molecule has 1 N–H and O–H groups in total. The first kappa shape index (κ1) is 13.1. The molecular weight excluding hydrogens is 240 g/mol. The molecule has 3 rings (SSSR count). The molecule has 19 heavy (non-hydrogen) atoms. The Morgan fingerprint density at radius 3 is 3.11 bits per heavy atom. The van der Waals surface area contributed by atoms with Crippen molar-refractivity contribution in [3.8, 4) is 0 Å². The first-order valence-corrected chi connectivity index (χ1v) is 7.55. The van der Waals surface area contributed by atoms with Crippen LogP contribution in [0.2, 0.25) is 0 Å². The van der Waals surface area contributed by atoms with Crippen molar-refractivity contribution in [2.45, 2.75) is 70.2 Å². The van der Waals surface area contributed by atoms with E-state index in [1.165, 1.54) is 25.7 Å². The number of nitrogens with zero attached hydrogens (tertiary/aromatic N) is 3. The summed E-state index contributed by atoms with van der Waals surface area (Å²) in [5, 5.41) is 11.8. The number of rotatable bonds is 4. The minimum Gasteiger partial charge on any atom is -0.375 e. The summed E-state index contributed by atoms with van der Waals surface area (Å²) in [7, 11) is 0. The first-order valence-electron chi connectivity index (χ1n) is 7.55. The Labute approximate surface area is 114 Å². The van der Waals surface area contributed by atoms with Gasteiger partial charge in [-0.25, -0.2) is 0 Å². The van der Waals surface area contributed by atoms with Crippen LogP contribution >= 0.6 is 0 Å². The Bertz CT molecular complexity index is 411. The lowest BCUT2D eigenvalue weighted by Gasteiger charge is -2.38. The van der Waals surface area contributed by atoms with E-state index in [1.54, 1.807) is 6.33 Å². The van der Waals surface area contributed by atoms with Gasteiger partial charge in [0, 0.05) is 19.2 Å². The summed E-state index contributed by atoms with van der Waals surface area (Å²) >= 11 is 0. The van der Waals surface area contributed by atoms with Gasteiger partial charge in [0.25, 0.3) is 0 Å². The number of hydrogen-bond donors (Lipinski definition) is 1. The van der Waals surface area contributed by atoms with Crippen molar-refractivity contribution in [2.24, 2.45) is 0 Å². The zero-order chi connectivity index (χ0) is 13.1. The third kappa shape index (κ3) is 2.82. The molecule has 1 atom stereocenters. The molecule has 1 saturated heterocycles. The maximum absolute atomic E-state index is 6.07. The predicted molar refractivity (Wildman–Crippen MR) is 72.7 cm³/mol. The van der Waals surface area contributed by atoms with Crippen LogP contribution < -0.4 is 5.32 Å². The van der Waals surface area contributed by atoms with E-state index in [1.807, 2.05) is 0 Å². The van der Waals surface area contributed by atoms with Crippen LogP contribution in [0.25, 0.3) is 0 Å². The molecule has 0 radical (unpaired) electrons. The van der Waals surface area contributed by atoms with E-state index in [9.17, 15) is 0 Å². The van der Waals surface area contributed by atoms with E-state index >= 15 is 0 Å². The molecule has 0 bridgehead atoms. The second kappa shape index (κ2) is 5.59. The van der Waals surface area contributed by atoms with Crippen molar-refractivity contribution in [1.29, 1.82) is 0 Å². The summed E-state index contributed by atoms with van der Waals surface area (Å²) in [6.45, 7) is 4.77. The summed E-state index contributed by atoms with van der Waals surface area (Å²) in [6.07, 6.45) is 9.23. The van der Waals surface area contributed by atoms with E-state index in [4.69, 9.17) is 4.74 Å². The lowest BCUT2D eigenvalue weighted by molar-refractivity contribution is -0.0838. The lowest BCUT2D eigenvalue weighted by atomic mass is 9.89. The Morgan fingerprint density at radius 1 is 1.47 bits per heavy atom. The number of hydrogen-bond acceptors (Lipinski definition) is 4. The largest absolute Gasteiger partial charge is 0.375 e. The summed E-state index contributed by atoms with van der Waals surface area (Å²) in [4.78, 5) is 0. The summed E-state index contributed by atoms with van der Waals surface area (Å²) < 4.78 is 8.16. The van der Waals surface area contributed by atoms with Crippen LogP contribution in [-0.2, 0) is 17.8 Å². The number of ether oxygens (including phenoxy) is 1. The van der Waals surface area contributed by atoms with Crippen molar-refractivity contribution in [2.75, 3.05) is 6.61 Å². The molecule has 1 aliphatic heterocycles. The molecule has 5 heteroatoms. The molecule has 5 nitrogen and oxygen atoms in total. The number of nitrogens with one attached hydrogen (secondary N) is 1. The highest BCUT2D eigenvalue weighted by atomic mass is 16.5. The first-order chi connectivity index (χ1) is 9.31. The smallest absolute Gasteiger partial charge is 0.146 e. The number of aromatic nitrogens is 3. The molecule has 106 valence electrons. The van der Waals surface area contributed by atoms with Gasteiger partial charge in [0.1, 0.15) is 12.2 Å². The van der Waals surface area contributed by atoms with Gasteiger partial charge in [-0.2, -0.15) is 0 Å². The Balaban J connectivity index is 1.55. The molecule has 0 amide bonds. The predicted octanol–water partition coefficient (Wildman–Crippen LogP) is 1.88. The second-order valence-corrected chi connectivity index (χ2v) is 5.84. The molecule has 2 aliphatic rings. The lowest BCUT2D eigenvalue weighted by Crippen LogP contribution is -2.45. The normalized spacial score (nSPS) is 26.1. The van der Waals surface area contributed by atoms with Gasteiger partial charge in [-0.15, -0.1) is 10.2 Å². The molecule has 2 heterocycles. The van der Waals surface area contributed by atoms with Gasteiger partial charge in [-0.05, 0) is 32.6 Å². The Hall–Kier alpha value is -0.940. The third-order valence-corrected chi connectivity index (χ3v) is 4.59. The molecular formula is C14H24N4O. The summed E-state index contributed by atoms with van der Waals surface area (Å²) in [6, 6.07) is 0.564. The highest BCUT2D eigenvalue weighted by Crippen LogP contribution is 2.39. The van der Waals surface area contributed by atoms with Crippen LogP contribution in [0, 0.1) is 0 Å². The summed E-state index contributed by atoms with van der Waals surface area (Å²) in [5.74, 6) is 1.04. The van der Waals surface area contributed by atoms with E-state index in [0.717, 1.165) is 38.4 Å². The average molecular weight is 264 g/mol. The Morgan fingerprint density at radius 2 is 2.32 bits per heavy atom. The van der Waals surface area contributed by atoms with Gasteiger partial charge in [0.05, 0.1) is 12.1 Å². The molecule has 1 spiro atoms. The fourth-order valence-corrected chi connectivity index (χ4v) is 3.49. The summed E-state index contributed by atoms with van der Waals surface area (Å²) in [5.41, 5.74) is 0.189. The second-order valence-electron chi connectivity index (χ2n) is 5.84. The van der Waals surface area contributed by atoms with Gasteiger partial charge in [-0.1, -0.05) is 12.8 Å². The van der Waals surface area contributed by atoms with Crippen molar-refractivity contribution >= 4 is 0 Å². The van der Waals surface area contributed by atoms with E-state index in [2.05, 4.69) is 27.0 Å². The van der Waals surface area contributed by atoms with E-state index in [0.29, 0.717) is 6.04 Å². The van der Waals surface area contributed by atoms with E-state index in [-0.39, 0.29) is 5.60 Å². The maximum Gasteiger partial charge on any atom is 0.146 e. The molecule has 1 saturated carbocycles. The van der Waals surface area contributed by atoms with Crippen LogP contribution in [0.4, 0.5) is 0 Å². The fraction of sp³-hybridized carbons (Fsp3) is 0.857. The highest BCUT2D eigenvalue weighted by Gasteiger charge is 2.39. The number of aryl methyl sites for hydroxylation is 1. The van der Waals surface area contributed by atoms with Crippen LogP contribution in [0.15, 0.2) is 6.33 Å². The van der Waals surface area contributed by atoms with Gasteiger partial charge in [-0.3, -0.25) is 0 Å². The van der Waals surface area contributed by atoms with Crippen molar-refractivity contribution in [1.82, 2.24) is 20.1 Å². The average Bonchev–Trinajstić information content (AvgIpc) is 3.06. The standard InChI is InChI=1S/C14H24N4O/c1-2-18-11-16-17-13(18)10-15-12-5-8-19-14(9-12)6-3-4-7-14/h11-12,15H,2-10H2,1H3. The zero-order valence-corrected chi connectivity index (χ0v) is 11.8. The zero-order valence-electron chi connectivity index (χ0n) is 11.8. The van der Waals surface area contributed by atoms with Gasteiger partial charge < -0.3 is 14.6 Å². The quantitative estimate of drug-likeness (QED) is 0.902.